The van der Waals surface area contributed by atoms with Crippen molar-refractivity contribution in [1.29, 1.82) is 5.41 Å². The fourth-order valence-corrected chi connectivity index (χ4v) is 4.83. The van der Waals surface area contributed by atoms with Crippen molar-refractivity contribution in [3.63, 3.8) is 0 Å². The van der Waals surface area contributed by atoms with Crippen LogP contribution in [0.15, 0.2) is 29.3 Å². The number of rotatable bonds is 14. The van der Waals surface area contributed by atoms with Crippen molar-refractivity contribution < 1.29 is 42.3 Å². The standard InChI is InChI=1S/C27H43N9O4.C2HF3O2/c1-36(2)26(40)19(15-16-10-12-18(13-11-16)22(28)29)24(38)35-21(17-7-4-3-5-8-17)25(39)34-20(23(30)37)9-6-14-33-27(31)32;3-2(4,5)1(6)7/h10-13,17,19-21H,3-9,14-15H2,1-2H3,(H3,28,29)(H2,30,37)(H,34,39)(H,35,38)(H4,31,32,33);(H,6,7). The summed E-state index contributed by atoms with van der Waals surface area (Å²) in [6, 6.07) is 4.83. The highest BCUT2D eigenvalue weighted by Crippen LogP contribution is 2.27. The number of primary amides is 1. The molecule has 1 aliphatic carbocycles. The molecule has 1 saturated carbocycles. The van der Waals surface area contributed by atoms with Crippen LogP contribution in [0.25, 0.3) is 0 Å². The van der Waals surface area contributed by atoms with E-state index in [1.54, 1.807) is 38.4 Å². The maximum atomic E-state index is 13.6. The van der Waals surface area contributed by atoms with Gasteiger partial charge in [0.05, 0.1) is 0 Å². The van der Waals surface area contributed by atoms with E-state index in [2.05, 4.69) is 15.6 Å². The van der Waals surface area contributed by atoms with Crippen molar-refractivity contribution >= 4 is 41.4 Å². The highest BCUT2D eigenvalue weighted by atomic mass is 19.4. The number of aliphatic imine (C=N–C) groups is 1. The zero-order chi connectivity index (χ0) is 35.9. The first-order chi connectivity index (χ1) is 21.8. The molecule has 1 aliphatic rings. The van der Waals surface area contributed by atoms with E-state index in [0.717, 1.165) is 32.1 Å². The average Bonchev–Trinajstić information content (AvgIpc) is 2.99. The molecule has 0 saturated heterocycles. The minimum atomic E-state index is -5.08. The summed E-state index contributed by atoms with van der Waals surface area (Å²) in [5.41, 5.74) is 23.0. The number of carbonyl (C=O) groups is 5. The van der Waals surface area contributed by atoms with Crippen molar-refractivity contribution in [2.75, 3.05) is 20.6 Å². The number of amides is 4. The molecule has 0 aliphatic heterocycles. The summed E-state index contributed by atoms with van der Waals surface area (Å²) in [7, 11) is 3.12. The Hall–Kier alpha value is -4.90. The first kappa shape index (κ1) is 40.1. The third-order valence-electron chi connectivity index (χ3n) is 7.31. The molecule has 1 aromatic rings. The van der Waals surface area contributed by atoms with Crippen LogP contribution < -0.4 is 33.6 Å². The van der Waals surface area contributed by atoms with E-state index in [0.29, 0.717) is 17.5 Å². The van der Waals surface area contributed by atoms with Gasteiger partial charge in [-0.05, 0) is 43.6 Å². The molecule has 262 valence electrons. The Balaban J connectivity index is 0.00000141. The SMILES string of the molecule is CN(C)C(=O)C(Cc1ccc(C(=N)N)cc1)C(=O)NC(C(=O)NC(CCCN=C(N)N)C(N)=O)C1CCCCC1.O=C(O)C(F)(F)F. The molecular weight excluding hydrogens is 627 g/mol. The van der Waals surface area contributed by atoms with E-state index >= 15 is 0 Å². The van der Waals surface area contributed by atoms with Gasteiger partial charge >= 0.3 is 12.1 Å². The lowest BCUT2D eigenvalue weighted by atomic mass is 9.83. The monoisotopic (exact) mass is 671 g/mol. The summed E-state index contributed by atoms with van der Waals surface area (Å²) in [4.78, 5) is 66.4. The molecule has 0 aromatic heterocycles. The molecule has 4 amide bonds. The molecule has 12 N–H and O–H groups in total. The van der Waals surface area contributed by atoms with Gasteiger partial charge in [0.2, 0.25) is 23.6 Å². The number of halogens is 3. The fraction of sp³-hybridized carbons (Fsp3) is 0.552. The van der Waals surface area contributed by atoms with Gasteiger partial charge in [-0.25, -0.2) is 4.79 Å². The van der Waals surface area contributed by atoms with Crippen LogP contribution in [-0.4, -0.2) is 90.3 Å². The molecule has 1 aromatic carbocycles. The van der Waals surface area contributed by atoms with Crippen LogP contribution in [0.3, 0.4) is 0 Å². The molecule has 18 heteroatoms. The third-order valence-corrected chi connectivity index (χ3v) is 7.31. The molecule has 0 heterocycles. The van der Waals surface area contributed by atoms with Gasteiger partial charge in [-0.15, -0.1) is 0 Å². The number of carboxylic acids is 1. The van der Waals surface area contributed by atoms with E-state index < -0.39 is 53.8 Å². The van der Waals surface area contributed by atoms with Gasteiger partial charge in [0.15, 0.2) is 5.96 Å². The molecule has 2 rings (SSSR count). The number of alkyl halides is 3. The lowest BCUT2D eigenvalue weighted by Crippen LogP contribution is -2.57. The molecule has 3 atom stereocenters. The van der Waals surface area contributed by atoms with Gasteiger partial charge in [-0.1, -0.05) is 43.5 Å². The number of nitrogens with zero attached hydrogens (tertiary/aromatic N) is 2. The van der Waals surface area contributed by atoms with Crippen LogP contribution in [-0.2, 0) is 30.4 Å². The normalized spacial score (nSPS) is 15.0. The predicted molar refractivity (Wildman–Crippen MR) is 167 cm³/mol. The smallest absolute Gasteiger partial charge is 0.475 e. The number of hydrogen-bond donors (Lipinski definition) is 8. The molecule has 15 nitrogen and oxygen atoms in total. The Morgan fingerprint density at radius 1 is 0.979 bits per heavy atom. The van der Waals surface area contributed by atoms with Gasteiger partial charge in [0.1, 0.15) is 23.8 Å². The Morgan fingerprint density at radius 2 is 1.53 bits per heavy atom. The van der Waals surface area contributed by atoms with Crippen molar-refractivity contribution in [2.45, 2.75) is 69.6 Å². The summed E-state index contributed by atoms with van der Waals surface area (Å²) in [6.07, 6.45) is -0.0590. The molecule has 0 spiro atoms. The number of nitrogens with two attached hydrogens (primary N) is 4. The number of nitrogens with one attached hydrogen (secondary N) is 3. The van der Waals surface area contributed by atoms with Crippen LogP contribution in [0, 0.1) is 17.2 Å². The van der Waals surface area contributed by atoms with Gasteiger partial charge in [-0.3, -0.25) is 29.6 Å². The second-order valence-electron chi connectivity index (χ2n) is 11.2. The summed E-state index contributed by atoms with van der Waals surface area (Å²) < 4.78 is 31.7. The average molecular weight is 672 g/mol. The van der Waals surface area contributed by atoms with E-state index in [-0.39, 0.29) is 37.1 Å². The molecule has 0 bridgehead atoms. The largest absolute Gasteiger partial charge is 0.490 e. The van der Waals surface area contributed by atoms with E-state index in [9.17, 15) is 32.3 Å². The lowest BCUT2D eigenvalue weighted by Gasteiger charge is -2.32. The second-order valence-corrected chi connectivity index (χ2v) is 11.2. The highest BCUT2D eigenvalue weighted by molar-refractivity contribution is 6.02. The number of hydrogen-bond acceptors (Lipinski definition) is 7. The van der Waals surface area contributed by atoms with Crippen LogP contribution in [0.5, 0.6) is 0 Å². The number of guanidine groups is 1. The topological polar surface area (TPSA) is 273 Å². The summed E-state index contributed by atoms with van der Waals surface area (Å²) in [6.45, 7) is 0.270. The quantitative estimate of drug-likeness (QED) is 0.0569. The minimum absolute atomic E-state index is 0.0728. The molecular formula is C29H44F3N9O6. The number of carbonyl (C=O) groups excluding carboxylic acids is 4. The fourth-order valence-electron chi connectivity index (χ4n) is 4.83. The predicted octanol–water partition coefficient (Wildman–Crippen LogP) is -0.0603. The summed E-state index contributed by atoms with van der Waals surface area (Å²) in [5, 5.41) is 20.2. The van der Waals surface area contributed by atoms with Crippen LogP contribution in [0.1, 0.15) is 56.1 Å². The Labute approximate surface area is 270 Å². The van der Waals surface area contributed by atoms with Gasteiger partial charge in [-0.2, -0.15) is 13.2 Å². The van der Waals surface area contributed by atoms with Crippen molar-refractivity contribution in [1.82, 2.24) is 15.5 Å². The Kier molecular flexibility index (Phi) is 16.2. The van der Waals surface area contributed by atoms with Crippen LogP contribution in [0.2, 0.25) is 0 Å². The maximum Gasteiger partial charge on any atom is 0.490 e. The zero-order valence-electron chi connectivity index (χ0n) is 26.3. The zero-order valence-corrected chi connectivity index (χ0v) is 26.3. The summed E-state index contributed by atoms with van der Waals surface area (Å²) >= 11 is 0. The Morgan fingerprint density at radius 3 is 1.98 bits per heavy atom. The number of aliphatic carboxylic acids is 1. The molecule has 47 heavy (non-hydrogen) atoms. The van der Waals surface area contributed by atoms with Gasteiger partial charge in [0.25, 0.3) is 0 Å². The molecule has 0 radical (unpaired) electrons. The van der Waals surface area contributed by atoms with Crippen molar-refractivity contribution in [3.8, 4) is 0 Å². The highest BCUT2D eigenvalue weighted by Gasteiger charge is 2.38. The van der Waals surface area contributed by atoms with Crippen molar-refractivity contribution in [2.24, 2.45) is 39.8 Å². The van der Waals surface area contributed by atoms with Crippen molar-refractivity contribution in [3.05, 3.63) is 35.4 Å². The first-order valence-corrected chi connectivity index (χ1v) is 14.7. The van der Waals surface area contributed by atoms with E-state index in [1.807, 2.05) is 0 Å². The molecule has 3 unspecified atom stereocenters. The number of nitrogen functional groups attached to an aromatic ring is 1. The minimum Gasteiger partial charge on any atom is -0.475 e. The summed E-state index contributed by atoms with van der Waals surface area (Å²) in [5.74, 6) is -6.38. The van der Waals surface area contributed by atoms with Gasteiger partial charge < -0.3 is 43.6 Å². The first-order valence-electron chi connectivity index (χ1n) is 14.7. The number of benzene rings is 1. The Bertz CT molecular complexity index is 1280. The van der Waals surface area contributed by atoms with Gasteiger partial charge in [0, 0.05) is 26.2 Å². The number of amidine groups is 1. The lowest BCUT2D eigenvalue weighted by molar-refractivity contribution is -0.192. The van der Waals surface area contributed by atoms with Crippen LogP contribution >= 0.6 is 0 Å². The van der Waals surface area contributed by atoms with Crippen LogP contribution in [0.4, 0.5) is 13.2 Å². The third kappa shape index (κ3) is 14.4. The second kappa shape index (κ2) is 18.9. The number of carboxylic acid groups (broad SMARTS) is 1. The van der Waals surface area contributed by atoms with E-state index in [1.165, 1.54) is 4.90 Å². The van der Waals surface area contributed by atoms with E-state index in [4.69, 9.17) is 38.2 Å². The maximum absolute atomic E-state index is 13.6. The molecule has 1 fully saturated rings.